The number of benzene rings is 4. The van der Waals surface area contributed by atoms with Gasteiger partial charge in [-0.3, -0.25) is 4.79 Å². The van der Waals surface area contributed by atoms with Crippen LogP contribution in [0.25, 0.3) is 33.5 Å². The number of methoxy groups -OCH3 is 1. The zero-order valence-electron chi connectivity index (χ0n) is 22.5. The molecular formula is C32H21Br2N3O6. The Morgan fingerprint density at radius 3 is 2.60 bits per heavy atom. The maximum Gasteiger partial charge on any atom is 0.282 e. The van der Waals surface area contributed by atoms with E-state index in [2.05, 4.69) is 37.0 Å². The van der Waals surface area contributed by atoms with Crippen LogP contribution in [-0.2, 0) is 6.61 Å². The number of furan rings is 1. The molecule has 43 heavy (non-hydrogen) atoms. The number of hydrogen-bond donors (Lipinski definition) is 0. The molecule has 9 nitrogen and oxygen atoms in total. The van der Waals surface area contributed by atoms with Gasteiger partial charge in [0.2, 0.25) is 12.6 Å². The Morgan fingerprint density at radius 1 is 0.953 bits per heavy atom. The van der Waals surface area contributed by atoms with Gasteiger partial charge in [-0.05, 0) is 97.6 Å². The summed E-state index contributed by atoms with van der Waals surface area (Å²) in [5.41, 5.74) is 2.47. The summed E-state index contributed by atoms with van der Waals surface area (Å²) in [6, 6.07) is 23.9. The van der Waals surface area contributed by atoms with Gasteiger partial charge in [-0.1, -0.05) is 24.3 Å². The number of fused-ring (bicyclic) bond motifs is 3. The first-order valence-corrected chi connectivity index (χ1v) is 14.7. The van der Waals surface area contributed by atoms with Gasteiger partial charge in [-0.25, -0.2) is 4.98 Å². The van der Waals surface area contributed by atoms with E-state index in [-0.39, 0.29) is 18.2 Å². The highest BCUT2D eigenvalue weighted by molar-refractivity contribution is 9.11. The molecular weight excluding hydrogens is 682 g/mol. The van der Waals surface area contributed by atoms with Gasteiger partial charge in [-0.2, -0.15) is 9.78 Å². The van der Waals surface area contributed by atoms with E-state index in [1.54, 1.807) is 37.6 Å². The van der Waals surface area contributed by atoms with E-state index in [1.165, 1.54) is 4.68 Å². The molecule has 7 rings (SSSR count). The lowest BCUT2D eigenvalue weighted by molar-refractivity contribution is 0.174. The van der Waals surface area contributed by atoms with Gasteiger partial charge >= 0.3 is 0 Å². The van der Waals surface area contributed by atoms with E-state index < -0.39 is 0 Å². The van der Waals surface area contributed by atoms with E-state index in [4.69, 9.17) is 28.3 Å². The zero-order valence-corrected chi connectivity index (χ0v) is 25.7. The Kier molecular flexibility index (Phi) is 7.12. The first kappa shape index (κ1) is 27.2. The third kappa shape index (κ3) is 5.15. The summed E-state index contributed by atoms with van der Waals surface area (Å²) in [4.78, 5) is 18.4. The van der Waals surface area contributed by atoms with Crippen LogP contribution in [0, 0.1) is 0 Å². The van der Waals surface area contributed by atoms with Crippen molar-refractivity contribution in [2.24, 2.45) is 5.10 Å². The summed E-state index contributed by atoms with van der Waals surface area (Å²) in [6.45, 7) is 0.542. The van der Waals surface area contributed by atoms with Crippen LogP contribution in [0.5, 0.6) is 23.0 Å². The van der Waals surface area contributed by atoms with Gasteiger partial charge < -0.3 is 23.4 Å². The molecule has 0 bridgehead atoms. The van der Waals surface area contributed by atoms with E-state index in [0.717, 1.165) is 16.7 Å². The lowest BCUT2D eigenvalue weighted by Gasteiger charge is -2.12. The molecule has 2 aromatic heterocycles. The molecule has 1 aliphatic rings. The minimum absolute atomic E-state index is 0.218. The number of halogens is 2. The summed E-state index contributed by atoms with van der Waals surface area (Å²) in [5, 5.41) is 5.77. The molecule has 0 N–H and O–H groups in total. The lowest BCUT2D eigenvalue weighted by Crippen LogP contribution is -2.20. The Labute approximate surface area is 261 Å². The van der Waals surface area contributed by atoms with Crippen LogP contribution in [0.2, 0.25) is 0 Å². The predicted octanol–water partition coefficient (Wildman–Crippen LogP) is 7.53. The van der Waals surface area contributed by atoms with Crippen molar-refractivity contribution in [1.29, 1.82) is 0 Å². The van der Waals surface area contributed by atoms with Crippen LogP contribution >= 0.6 is 31.9 Å². The SMILES string of the molecule is COc1cccc2oc(-c3nc4ccccc4c(=O)n3N=Cc3cc(Br)c(OCc4ccc5c(c4)OCO5)c(Br)c3)cc12. The molecule has 0 amide bonds. The molecule has 0 spiro atoms. The standard InChI is InChI=1S/C32H21Br2N3O6/c1-39-25-7-4-8-26-21(25)14-29(43-26)31-36-24-6-3-2-5-20(24)32(38)37(31)35-15-19-11-22(33)30(23(34)12-19)40-16-18-9-10-27-28(13-18)42-17-41-27/h2-15H,16-17H2,1H3. The summed E-state index contributed by atoms with van der Waals surface area (Å²) in [5.74, 6) is 3.34. The third-order valence-corrected chi connectivity index (χ3v) is 8.06. The van der Waals surface area contributed by atoms with Crippen LogP contribution in [0.4, 0.5) is 0 Å². The van der Waals surface area contributed by atoms with Crippen molar-refractivity contribution < 1.29 is 23.4 Å². The number of hydrogen-bond acceptors (Lipinski definition) is 8. The molecule has 6 aromatic rings. The molecule has 0 aliphatic carbocycles. The predicted molar refractivity (Wildman–Crippen MR) is 169 cm³/mol. The van der Waals surface area contributed by atoms with Crippen molar-refractivity contribution >= 4 is 59.9 Å². The van der Waals surface area contributed by atoms with Gasteiger partial charge in [0, 0.05) is 0 Å². The van der Waals surface area contributed by atoms with E-state index in [0.29, 0.717) is 60.6 Å². The molecule has 0 radical (unpaired) electrons. The van der Waals surface area contributed by atoms with Crippen LogP contribution in [-0.4, -0.2) is 29.8 Å². The fourth-order valence-electron chi connectivity index (χ4n) is 4.82. The first-order valence-electron chi connectivity index (χ1n) is 13.1. The van der Waals surface area contributed by atoms with Gasteiger partial charge in [0.05, 0.1) is 38.6 Å². The number of ether oxygens (including phenoxy) is 4. The minimum Gasteiger partial charge on any atom is -0.496 e. The van der Waals surface area contributed by atoms with Crippen molar-refractivity contribution in [1.82, 2.24) is 9.66 Å². The van der Waals surface area contributed by atoms with Gasteiger partial charge in [0.25, 0.3) is 5.56 Å². The topological polar surface area (TPSA) is 97.3 Å². The quantitative estimate of drug-likeness (QED) is 0.159. The fraction of sp³-hybridized carbons (Fsp3) is 0.0938. The van der Waals surface area contributed by atoms with Crippen molar-refractivity contribution in [2.45, 2.75) is 6.61 Å². The summed E-state index contributed by atoms with van der Waals surface area (Å²) < 4.78 is 31.2. The molecule has 0 atom stereocenters. The Hall–Kier alpha value is -4.61. The van der Waals surface area contributed by atoms with Crippen LogP contribution in [0.1, 0.15) is 11.1 Å². The number of aromatic nitrogens is 2. The molecule has 0 saturated heterocycles. The molecule has 3 heterocycles. The van der Waals surface area contributed by atoms with E-state index in [1.807, 2.05) is 54.6 Å². The molecule has 4 aromatic carbocycles. The van der Waals surface area contributed by atoms with Gasteiger partial charge in [0.1, 0.15) is 23.7 Å². The maximum absolute atomic E-state index is 13.6. The first-order chi connectivity index (χ1) is 21.0. The Balaban J connectivity index is 1.23. The number of rotatable bonds is 7. The third-order valence-electron chi connectivity index (χ3n) is 6.88. The van der Waals surface area contributed by atoms with Crippen LogP contribution in [0.15, 0.2) is 102 Å². The number of para-hydroxylation sites is 1. The monoisotopic (exact) mass is 701 g/mol. The highest BCUT2D eigenvalue weighted by atomic mass is 79.9. The lowest BCUT2D eigenvalue weighted by atomic mass is 10.2. The molecule has 0 fully saturated rings. The summed E-state index contributed by atoms with van der Waals surface area (Å²) in [7, 11) is 1.60. The van der Waals surface area contributed by atoms with Gasteiger partial charge in [0.15, 0.2) is 17.3 Å². The minimum atomic E-state index is -0.328. The fourth-order valence-corrected chi connectivity index (χ4v) is 6.27. The maximum atomic E-state index is 13.6. The average molecular weight is 703 g/mol. The highest BCUT2D eigenvalue weighted by Gasteiger charge is 2.18. The van der Waals surface area contributed by atoms with Crippen molar-refractivity contribution in [3.8, 4) is 34.6 Å². The molecule has 0 saturated carbocycles. The highest BCUT2D eigenvalue weighted by Crippen LogP contribution is 2.37. The Morgan fingerprint density at radius 2 is 1.77 bits per heavy atom. The second-order valence-corrected chi connectivity index (χ2v) is 11.3. The largest absolute Gasteiger partial charge is 0.496 e. The smallest absolute Gasteiger partial charge is 0.282 e. The summed E-state index contributed by atoms with van der Waals surface area (Å²) >= 11 is 7.22. The normalized spacial score (nSPS) is 12.4. The molecule has 214 valence electrons. The van der Waals surface area contributed by atoms with Gasteiger partial charge in [-0.15, -0.1) is 0 Å². The zero-order chi connectivity index (χ0) is 29.5. The van der Waals surface area contributed by atoms with Crippen LogP contribution < -0.4 is 24.5 Å². The average Bonchev–Trinajstić information content (AvgIpc) is 3.67. The second kappa shape index (κ2) is 11.2. The summed E-state index contributed by atoms with van der Waals surface area (Å²) in [6.07, 6.45) is 1.59. The van der Waals surface area contributed by atoms with Crippen LogP contribution in [0.3, 0.4) is 0 Å². The molecule has 0 unspecified atom stereocenters. The Bertz CT molecular complexity index is 2100. The molecule has 1 aliphatic heterocycles. The number of nitrogens with zero attached hydrogens (tertiary/aromatic N) is 3. The van der Waals surface area contributed by atoms with Crippen molar-refractivity contribution in [2.75, 3.05) is 13.9 Å². The van der Waals surface area contributed by atoms with Crippen molar-refractivity contribution in [3.63, 3.8) is 0 Å². The van der Waals surface area contributed by atoms with E-state index >= 15 is 0 Å². The van der Waals surface area contributed by atoms with E-state index in [9.17, 15) is 4.79 Å². The molecule has 11 heteroatoms. The second-order valence-electron chi connectivity index (χ2n) is 9.59. The van der Waals surface area contributed by atoms with Crippen molar-refractivity contribution in [3.05, 3.63) is 109 Å².